The van der Waals surface area contributed by atoms with Crippen molar-refractivity contribution in [3.8, 4) is 0 Å². The van der Waals surface area contributed by atoms with Crippen molar-refractivity contribution in [2.24, 2.45) is 5.41 Å². The average molecular weight is 254 g/mol. The van der Waals surface area contributed by atoms with Crippen molar-refractivity contribution >= 4 is 12.0 Å². The van der Waals surface area contributed by atoms with Crippen molar-refractivity contribution in [2.75, 3.05) is 13.1 Å². The highest BCUT2D eigenvalue weighted by Gasteiger charge is 2.42. The van der Waals surface area contributed by atoms with E-state index in [9.17, 15) is 9.59 Å². The smallest absolute Gasteiger partial charge is 0.317 e. The fourth-order valence-electron chi connectivity index (χ4n) is 1.85. The van der Waals surface area contributed by atoms with Gasteiger partial charge in [-0.15, -0.1) is 0 Å². The Morgan fingerprint density at radius 1 is 1.67 bits per heavy atom. The maximum absolute atomic E-state index is 11.8. The van der Waals surface area contributed by atoms with Crippen LogP contribution in [0.25, 0.3) is 0 Å². The number of aliphatic carboxylic acids is 1. The number of carbonyl (C=O) groups excluding carboxylic acids is 1. The molecule has 0 aromatic carbocycles. The highest BCUT2D eigenvalue weighted by molar-refractivity contribution is 5.79. The average Bonchev–Trinajstić information content (AvgIpc) is 2.95. The summed E-state index contributed by atoms with van der Waals surface area (Å²) in [5.41, 5.74) is -0.858. The summed E-state index contributed by atoms with van der Waals surface area (Å²) in [6.07, 6.45) is 1.64. The van der Waals surface area contributed by atoms with E-state index in [4.69, 9.17) is 5.11 Å². The third-order valence-corrected chi connectivity index (χ3v) is 3.08. The van der Waals surface area contributed by atoms with Gasteiger partial charge in [0.05, 0.1) is 12.0 Å². The summed E-state index contributed by atoms with van der Waals surface area (Å²) in [5.74, 6) is -0.500. The topological polar surface area (TPSA) is 109 Å². The minimum atomic E-state index is -0.879. The summed E-state index contributed by atoms with van der Waals surface area (Å²) in [6.45, 7) is 2.44. The number of hydrogen-bond acceptors (Lipinski definition) is 5. The molecule has 0 radical (unpaired) electrons. The summed E-state index contributed by atoms with van der Waals surface area (Å²) in [6, 6.07) is -0.315. The number of nitrogens with zero attached hydrogens (tertiary/aromatic N) is 3. The molecule has 8 nitrogen and oxygen atoms in total. The Morgan fingerprint density at radius 2 is 2.44 bits per heavy atom. The molecule has 18 heavy (non-hydrogen) atoms. The molecule has 1 saturated heterocycles. The van der Waals surface area contributed by atoms with Gasteiger partial charge in [0.25, 0.3) is 0 Å². The van der Waals surface area contributed by atoms with E-state index in [0.29, 0.717) is 18.8 Å². The predicted octanol–water partition coefficient (Wildman–Crippen LogP) is 0.0758. The molecule has 2 amide bonds. The lowest BCUT2D eigenvalue weighted by molar-refractivity contribution is -0.146. The molecule has 2 N–H and O–H groups in total. The monoisotopic (exact) mass is 254 g/mol. The number of carbonyl (C=O) groups is 2. The Balaban J connectivity index is 1.86. The molecule has 1 aromatic rings. The zero-order valence-corrected chi connectivity index (χ0v) is 9.92. The van der Waals surface area contributed by atoms with E-state index in [0.717, 1.165) is 0 Å². The molecule has 1 atom stereocenters. The molecule has 1 aliphatic heterocycles. The fraction of sp³-hybridized carbons (Fsp3) is 0.600. The van der Waals surface area contributed by atoms with Gasteiger partial charge >= 0.3 is 12.0 Å². The first-order valence-corrected chi connectivity index (χ1v) is 5.53. The summed E-state index contributed by atoms with van der Waals surface area (Å²) in [4.78, 5) is 28.1. The second kappa shape index (κ2) is 4.63. The van der Waals surface area contributed by atoms with Gasteiger partial charge in [-0.2, -0.15) is 4.98 Å². The van der Waals surface area contributed by atoms with Gasteiger partial charge in [0.2, 0.25) is 6.39 Å². The van der Waals surface area contributed by atoms with Crippen molar-refractivity contribution in [3.05, 3.63) is 12.2 Å². The molecule has 0 saturated carbocycles. The zero-order chi connectivity index (χ0) is 13.2. The first-order valence-electron chi connectivity index (χ1n) is 5.53. The maximum Gasteiger partial charge on any atom is 0.317 e. The van der Waals surface area contributed by atoms with Crippen LogP contribution in [0.3, 0.4) is 0 Å². The van der Waals surface area contributed by atoms with Crippen LogP contribution in [-0.2, 0) is 11.3 Å². The number of rotatable bonds is 3. The Bertz CT molecular complexity index is 447. The van der Waals surface area contributed by atoms with Gasteiger partial charge in [-0.25, -0.2) is 4.79 Å². The third-order valence-electron chi connectivity index (χ3n) is 3.08. The van der Waals surface area contributed by atoms with Crippen molar-refractivity contribution in [2.45, 2.75) is 19.9 Å². The molecule has 2 rings (SSSR count). The highest BCUT2D eigenvalue weighted by atomic mass is 16.5. The van der Waals surface area contributed by atoms with Gasteiger partial charge < -0.3 is 19.8 Å². The molecule has 8 heteroatoms. The van der Waals surface area contributed by atoms with Crippen LogP contribution in [0.1, 0.15) is 19.2 Å². The highest BCUT2D eigenvalue weighted by Crippen LogP contribution is 2.29. The molecule has 0 aliphatic carbocycles. The zero-order valence-electron chi connectivity index (χ0n) is 9.92. The lowest BCUT2D eigenvalue weighted by atomic mass is 9.90. The summed E-state index contributed by atoms with van der Waals surface area (Å²) in [5, 5.41) is 15.2. The standard InChI is InChI=1S/C10H14N4O4/c1-10(8(15)16)2-3-14(5-10)9(17)11-4-7-12-6-18-13-7/h6H,2-5H2,1H3,(H,11,17)(H,15,16). The molecule has 1 aliphatic rings. The number of carboxylic acids is 1. The Hall–Kier alpha value is -2.12. The van der Waals surface area contributed by atoms with Gasteiger partial charge in [0, 0.05) is 13.1 Å². The normalized spacial score (nSPS) is 23.1. The largest absolute Gasteiger partial charge is 0.481 e. The second-order valence-electron chi connectivity index (χ2n) is 4.54. The molecule has 0 bridgehead atoms. The number of nitrogens with one attached hydrogen (secondary N) is 1. The van der Waals surface area contributed by atoms with E-state index in [1.807, 2.05) is 0 Å². The minimum absolute atomic E-state index is 0.162. The van der Waals surface area contributed by atoms with Crippen molar-refractivity contribution in [3.63, 3.8) is 0 Å². The van der Waals surface area contributed by atoms with Gasteiger partial charge in [-0.05, 0) is 13.3 Å². The SMILES string of the molecule is CC1(C(=O)O)CCN(C(=O)NCc2ncon2)C1. The van der Waals surface area contributed by atoms with E-state index in [1.54, 1.807) is 6.92 Å². The maximum atomic E-state index is 11.8. The number of hydrogen-bond donors (Lipinski definition) is 2. The summed E-state index contributed by atoms with van der Waals surface area (Å²) >= 11 is 0. The van der Waals surface area contributed by atoms with E-state index in [2.05, 4.69) is 20.0 Å². The van der Waals surface area contributed by atoms with Crippen LogP contribution >= 0.6 is 0 Å². The van der Waals surface area contributed by atoms with Gasteiger partial charge in [-0.1, -0.05) is 5.16 Å². The summed E-state index contributed by atoms with van der Waals surface area (Å²) < 4.78 is 4.53. The molecule has 98 valence electrons. The van der Waals surface area contributed by atoms with E-state index in [1.165, 1.54) is 11.3 Å². The minimum Gasteiger partial charge on any atom is -0.481 e. The van der Waals surface area contributed by atoms with Crippen LogP contribution in [0.4, 0.5) is 4.79 Å². The molecule has 1 aromatic heterocycles. The lowest BCUT2D eigenvalue weighted by Gasteiger charge is -2.20. The molecule has 1 fully saturated rings. The van der Waals surface area contributed by atoms with Crippen molar-refractivity contribution in [1.82, 2.24) is 20.4 Å². The quantitative estimate of drug-likeness (QED) is 0.790. The molecular formula is C10H14N4O4. The Labute approximate surface area is 103 Å². The van der Waals surface area contributed by atoms with E-state index < -0.39 is 11.4 Å². The number of urea groups is 1. The number of likely N-dealkylation sites (tertiary alicyclic amines) is 1. The fourth-order valence-corrected chi connectivity index (χ4v) is 1.85. The van der Waals surface area contributed by atoms with Gasteiger partial charge in [0.1, 0.15) is 0 Å². The first-order chi connectivity index (χ1) is 8.51. The van der Waals surface area contributed by atoms with E-state index in [-0.39, 0.29) is 19.1 Å². The van der Waals surface area contributed by atoms with E-state index >= 15 is 0 Å². The number of carboxylic acid groups (broad SMARTS) is 1. The van der Waals surface area contributed by atoms with Crippen LogP contribution < -0.4 is 5.32 Å². The third kappa shape index (κ3) is 2.41. The predicted molar refractivity (Wildman–Crippen MR) is 58.5 cm³/mol. The molecular weight excluding hydrogens is 240 g/mol. The molecule has 1 unspecified atom stereocenters. The van der Waals surface area contributed by atoms with Crippen LogP contribution in [-0.4, -0.2) is 45.2 Å². The Morgan fingerprint density at radius 3 is 3.00 bits per heavy atom. The summed E-state index contributed by atoms with van der Waals surface area (Å²) in [7, 11) is 0. The van der Waals surface area contributed by atoms with Crippen molar-refractivity contribution in [1.29, 1.82) is 0 Å². The second-order valence-corrected chi connectivity index (χ2v) is 4.54. The number of amides is 2. The lowest BCUT2D eigenvalue weighted by Crippen LogP contribution is -2.40. The van der Waals surface area contributed by atoms with Crippen LogP contribution in [0.15, 0.2) is 10.9 Å². The first kappa shape index (κ1) is 12.3. The molecule has 2 heterocycles. The van der Waals surface area contributed by atoms with Crippen molar-refractivity contribution < 1.29 is 19.2 Å². The van der Waals surface area contributed by atoms with Crippen LogP contribution in [0.2, 0.25) is 0 Å². The van der Waals surface area contributed by atoms with Gasteiger partial charge in [-0.3, -0.25) is 4.79 Å². The number of aromatic nitrogens is 2. The Kier molecular flexibility index (Phi) is 3.17. The molecule has 0 spiro atoms. The van der Waals surface area contributed by atoms with Gasteiger partial charge in [0.15, 0.2) is 5.82 Å². The van der Waals surface area contributed by atoms with Crippen LogP contribution in [0, 0.1) is 5.41 Å². The van der Waals surface area contributed by atoms with Crippen LogP contribution in [0.5, 0.6) is 0 Å².